The van der Waals surface area contributed by atoms with Gasteiger partial charge in [0, 0.05) is 49.8 Å². The van der Waals surface area contributed by atoms with E-state index in [-0.39, 0.29) is 0 Å². The van der Waals surface area contributed by atoms with Gasteiger partial charge < -0.3 is 15.4 Å². The standard InChI is InChI=1S/C19H34N4O/c1-4-24-17-11-16(19(17)8-5-9-19)22-18(20-3)21-14-10-13(2)23(12-14)15-6-7-15/h13-17H,4-12H2,1-3H3,(H2,20,21,22). The lowest BCUT2D eigenvalue weighted by molar-refractivity contribution is -0.168. The zero-order chi connectivity index (χ0) is 16.7. The van der Waals surface area contributed by atoms with Crippen LogP contribution in [0.25, 0.3) is 0 Å². The summed E-state index contributed by atoms with van der Waals surface area (Å²) in [6.45, 7) is 6.49. The van der Waals surface area contributed by atoms with Crippen molar-refractivity contribution < 1.29 is 4.74 Å². The van der Waals surface area contributed by atoms with Crippen LogP contribution in [-0.4, -0.2) is 61.3 Å². The second-order valence-corrected chi connectivity index (χ2v) is 8.39. The van der Waals surface area contributed by atoms with Gasteiger partial charge in [-0.2, -0.15) is 0 Å². The summed E-state index contributed by atoms with van der Waals surface area (Å²) in [5, 5.41) is 7.42. The fourth-order valence-electron chi connectivity index (χ4n) is 5.25. The summed E-state index contributed by atoms with van der Waals surface area (Å²) in [5.74, 6) is 0.996. The molecule has 1 spiro atoms. The summed E-state index contributed by atoms with van der Waals surface area (Å²) in [5.41, 5.74) is 0.386. The van der Waals surface area contributed by atoms with Gasteiger partial charge in [0.1, 0.15) is 0 Å². The van der Waals surface area contributed by atoms with Crippen LogP contribution in [0, 0.1) is 5.41 Å². The molecule has 1 aliphatic heterocycles. The lowest BCUT2D eigenvalue weighted by Gasteiger charge is -2.61. The molecule has 0 amide bonds. The molecular formula is C19H34N4O. The number of nitrogens with one attached hydrogen (secondary N) is 2. The molecule has 136 valence electrons. The number of nitrogens with zero attached hydrogens (tertiary/aromatic N) is 2. The average molecular weight is 335 g/mol. The maximum Gasteiger partial charge on any atom is 0.191 e. The highest BCUT2D eigenvalue weighted by Crippen LogP contribution is 2.57. The molecule has 3 aliphatic carbocycles. The fourth-order valence-corrected chi connectivity index (χ4v) is 5.25. The highest BCUT2D eigenvalue weighted by Gasteiger charge is 2.59. The number of guanidine groups is 1. The molecule has 24 heavy (non-hydrogen) atoms. The van der Waals surface area contributed by atoms with Crippen molar-refractivity contribution >= 4 is 5.96 Å². The van der Waals surface area contributed by atoms with Crippen molar-refractivity contribution in [3.05, 3.63) is 0 Å². The van der Waals surface area contributed by atoms with Crippen molar-refractivity contribution in [2.24, 2.45) is 10.4 Å². The highest BCUT2D eigenvalue weighted by atomic mass is 16.5. The molecule has 1 saturated heterocycles. The molecule has 4 rings (SSSR count). The zero-order valence-corrected chi connectivity index (χ0v) is 15.6. The van der Waals surface area contributed by atoms with Gasteiger partial charge in [-0.3, -0.25) is 9.89 Å². The maximum absolute atomic E-state index is 5.97. The van der Waals surface area contributed by atoms with Crippen LogP contribution in [0.1, 0.15) is 58.8 Å². The Hall–Kier alpha value is -0.810. The molecule has 4 aliphatic rings. The zero-order valence-electron chi connectivity index (χ0n) is 15.6. The minimum atomic E-state index is 0.386. The van der Waals surface area contributed by atoms with E-state index in [1.54, 1.807) is 0 Å². The predicted octanol–water partition coefficient (Wildman–Crippen LogP) is 2.12. The van der Waals surface area contributed by atoms with Crippen molar-refractivity contribution in [3.8, 4) is 0 Å². The van der Waals surface area contributed by atoms with Crippen molar-refractivity contribution in [1.29, 1.82) is 0 Å². The second-order valence-electron chi connectivity index (χ2n) is 8.39. The van der Waals surface area contributed by atoms with Gasteiger partial charge in [-0.25, -0.2) is 0 Å². The quantitative estimate of drug-likeness (QED) is 0.597. The lowest BCUT2D eigenvalue weighted by atomic mass is 9.51. The SMILES string of the molecule is CCOC1CC(NC(=NC)NC2CC(C)N(C3CC3)C2)C12CCC2. The maximum atomic E-state index is 5.97. The molecule has 0 radical (unpaired) electrons. The molecule has 0 aromatic rings. The first-order chi connectivity index (χ1) is 11.7. The van der Waals surface area contributed by atoms with Crippen LogP contribution < -0.4 is 10.6 Å². The number of likely N-dealkylation sites (tertiary alicyclic amines) is 1. The Morgan fingerprint density at radius 2 is 2.04 bits per heavy atom. The third-order valence-electron chi connectivity index (χ3n) is 6.95. The first kappa shape index (κ1) is 16.6. The first-order valence-corrected chi connectivity index (χ1v) is 10.0. The minimum Gasteiger partial charge on any atom is -0.378 e. The van der Waals surface area contributed by atoms with Crippen LogP contribution >= 0.6 is 0 Å². The number of rotatable bonds is 5. The molecule has 4 unspecified atom stereocenters. The normalized spacial score (nSPS) is 38.7. The third kappa shape index (κ3) is 2.84. The molecule has 5 heteroatoms. The van der Waals surface area contributed by atoms with Crippen molar-refractivity contribution in [2.75, 3.05) is 20.2 Å². The van der Waals surface area contributed by atoms with E-state index in [9.17, 15) is 0 Å². The van der Waals surface area contributed by atoms with Gasteiger partial charge in [0.2, 0.25) is 0 Å². The molecule has 2 N–H and O–H groups in total. The number of ether oxygens (including phenoxy) is 1. The summed E-state index contributed by atoms with van der Waals surface area (Å²) in [4.78, 5) is 7.20. The van der Waals surface area contributed by atoms with Gasteiger partial charge in [-0.15, -0.1) is 0 Å². The Morgan fingerprint density at radius 1 is 1.25 bits per heavy atom. The lowest BCUT2D eigenvalue weighted by Crippen LogP contribution is -2.69. The molecule has 1 heterocycles. The molecule has 4 atom stereocenters. The highest BCUT2D eigenvalue weighted by molar-refractivity contribution is 5.80. The van der Waals surface area contributed by atoms with Crippen LogP contribution in [0.3, 0.4) is 0 Å². The molecule has 0 aromatic carbocycles. The Balaban J connectivity index is 1.31. The van der Waals surface area contributed by atoms with E-state index in [0.717, 1.165) is 25.0 Å². The molecule has 0 bridgehead atoms. The van der Waals surface area contributed by atoms with Crippen LogP contribution in [0.15, 0.2) is 4.99 Å². The van der Waals surface area contributed by atoms with E-state index in [1.807, 2.05) is 7.05 Å². The fraction of sp³-hybridized carbons (Fsp3) is 0.947. The van der Waals surface area contributed by atoms with Gasteiger partial charge in [0.25, 0.3) is 0 Å². The van der Waals surface area contributed by atoms with Gasteiger partial charge >= 0.3 is 0 Å². The van der Waals surface area contributed by atoms with E-state index in [1.165, 1.54) is 45.1 Å². The Morgan fingerprint density at radius 3 is 2.62 bits per heavy atom. The van der Waals surface area contributed by atoms with E-state index < -0.39 is 0 Å². The average Bonchev–Trinajstić information content (AvgIpc) is 3.27. The molecule has 0 aromatic heterocycles. The van der Waals surface area contributed by atoms with Crippen LogP contribution in [0.5, 0.6) is 0 Å². The molecule has 5 nitrogen and oxygen atoms in total. The predicted molar refractivity (Wildman–Crippen MR) is 97.3 cm³/mol. The van der Waals surface area contributed by atoms with Crippen molar-refractivity contribution in [2.45, 2.75) is 89.1 Å². The number of hydrogen-bond acceptors (Lipinski definition) is 3. The Labute approximate surface area is 146 Å². The van der Waals surface area contributed by atoms with Crippen molar-refractivity contribution in [1.82, 2.24) is 15.5 Å². The first-order valence-electron chi connectivity index (χ1n) is 10.0. The summed E-state index contributed by atoms with van der Waals surface area (Å²) in [7, 11) is 1.90. The van der Waals surface area contributed by atoms with Gasteiger partial charge in [0.05, 0.1) is 6.10 Å². The Bertz CT molecular complexity index is 486. The second kappa shape index (κ2) is 6.49. The largest absolute Gasteiger partial charge is 0.378 e. The van der Waals surface area contributed by atoms with E-state index >= 15 is 0 Å². The summed E-state index contributed by atoms with van der Waals surface area (Å²) < 4.78 is 5.97. The number of aliphatic imine (C=N–C) groups is 1. The summed E-state index contributed by atoms with van der Waals surface area (Å²) in [6, 6.07) is 2.63. The van der Waals surface area contributed by atoms with Crippen LogP contribution in [-0.2, 0) is 4.74 Å². The smallest absolute Gasteiger partial charge is 0.191 e. The van der Waals surface area contributed by atoms with E-state index in [0.29, 0.717) is 29.6 Å². The van der Waals surface area contributed by atoms with Gasteiger partial charge in [0.15, 0.2) is 5.96 Å². The third-order valence-corrected chi connectivity index (χ3v) is 6.95. The van der Waals surface area contributed by atoms with Gasteiger partial charge in [-0.05, 0) is 52.4 Å². The summed E-state index contributed by atoms with van der Waals surface area (Å²) in [6.07, 6.45) is 9.58. The van der Waals surface area contributed by atoms with E-state index in [2.05, 4.69) is 34.4 Å². The number of hydrogen-bond donors (Lipinski definition) is 2. The minimum absolute atomic E-state index is 0.386. The van der Waals surface area contributed by atoms with Crippen LogP contribution in [0.2, 0.25) is 0 Å². The topological polar surface area (TPSA) is 48.9 Å². The molecule has 3 saturated carbocycles. The monoisotopic (exact) mass is 334 g/mol. The Kier molecular flexibility index (Phi) is 4.50. The molecular weight excluding hydrogens is 300 g/mol. The van der Waals surface area contributed by atoms with Gasteiger partial charge in [-0.1, -0.05) is 6.42 Å². The van der Waals surface area contributed by atoms with Crippen LogP contribution in [0.4, 0.5) is 0 Å². The van der Waals surface area contributed by atoms with Crippen molar-refractivity contribution in [3.63, 3.8) is 0 Å². The summed E-state index contributed by atoms with van der Waals surface area (Å²) >= 11 is 0. The molecule has 4 fully saturated rings. The van der Waals surface area contributed by atoms with E-state index in [4.69, 9.17) is 4.74 Å².